The van der Waals surface area contributed by atoms with Gasteiger partial charge in [-0.3, -0.25) is 0 Å². The first-order valence-corrected chi connectivity index (χ1v) is 20.5. The second-order valence-electron chi connectivity index (χ2n) is 16.0. The second kappa shape index (κ2) is 13.1. The zero-order chi connectivity index (χ0) is 39.1. The molecule has 0 radical (unpaired) electrons. The van der Waals surface area contributed by atoms with Crippen molar-refractivity contribution in [2.45, 2.75) is 18.8 Å². The molecule has 0 amide bonds. The summed E-state index contributed by atoms with van der Waals surface area (Å²) in [5, 5.41) is 4.66. The summed E-state index contributed by atoms with van der Waals surface area (Å²) in [4.78, 5) is 18.6. The van der Waals surface area contributed by atoms with Crippen molar-refractivity contribution in [3.8, 4) is 34.2 Å². The Bertz CT molecular complexity index is 3090. The molecule has 59 heavy (non-hydrogen) atoms. The van der Waals surface area contributed by atoms with Crippen molar-refractivity contribution in [3.05, 3.63) is 222 Å². The van der Waals surface area contributed by atoms with Gasteiger partial charge >= 0.3 is 0 Å². The normalized spacial score (nSPS) is 15.9. The summed E-state index contributed by atoms with van der Waals surface area (Å²) < 4.78 is 0. The van der Waals surface area contributed by atoms with Gasteiger partial charge in [0.2, 0.25) is 0 Å². The fourth-order valence-corrected chi connectivity index (χ4v) is 10.1. The maximum Gasteiger partial charge on any atom is 0.164 e. The molecule has 0 saturated carbocycles. The summed E-state index contributed by atoms with van der Waals surface area (Å²) in [6.45, 7) is 2.34. The van der Waals surface area contributed by atoms with Crippen molar-refractivity contribution in [2.24, 2.45) is 5.92 Å². The summed E-state index contributed by atoms with van der Waals surface area (Å²) in [5.41, 5.74) is 13.6. The lowest BCUT2D eigenvalue weighted by atomic mass is 9.61. The lowest BCUT2D eigenvalue weighted by Gasteiger charge is -2.47. The summed E-state index contributed by atoms with van der Waals surface area (Å²) in [6, 6.07) is 65.5. The van der Waals surface area contributed by atoms with Gasteiger partial charge in [0, 0.05) is 22.4 Å². The van der Waals surface area contributed by atoms with Crippen molar-refractivity contribution < 1.29 is 0 Å². The number of fused-ring (bicyclic) bond motifs is 10. The number of benzene rings is 8. The summed E-state index contributed by atoms with van der Waals surface area (Å²) >= 11 is 0. The summed E-state index contributed by atoms with van der Waals surface area (Å²) in [6.07, 6.45) is 5.70. The molecule has 0 fully saturated rings. The Labute approximate surface area is 343 Å². The van der Waals surface area contributed by atoms with Crippen LogP contribution in [0.4, 0.5) is 17.1 Å². The maximum atomic E-state index is 5.46. The lowest BCUT2D eigenvalue weighted by molar-refractivity contribution is 0.619. The van der Waals surface area contributed by atoms with Crippen molar-refractivity contribution in [1.29, 1.82) is 0 Å². The first-order chi connectivity index (χ1) is 29.1. The molecule has 1 atom stereocenters. The minimum Gasteiger partial charge on any atom is -0.310 e. The van der Waals surface area contributed by atoms with Gasteiger partial charge in [-0.1, -0.05) is 165 Å². The molecule has 8 aromatic carbocycles. The molecule has 4 nitrogen and oxygen atoms in total. The number of anilines is 3. The molecule has 12 rings (SSSR count). The lowest BCUT2D eigenvalue weighted by Crippen LogP contribution is -2.38. The van der Waals surface area contributed by atoms with Gasteiger partial charge in [-0.25, -0.2) is 15.0 Å². The van der Waals surface area contributed by atoms with Crippen LogP contribution in [0.1, 0.15) is 35.6 Å². The molecular formula is C55H38N4. The molecule has 1 aliphatic heterocycles. The van der Waals surface area contributed by atoms with Crippen molar-refractivity contribution in [3.63, 3.8) is 0 Å². The van der Waals surface area contributed by atoms with Gasteiger partial charge < -0.3 is 4.90 Å². The van der Waals surface area contributed by atoms with Crippen molar-refractivity contribution >= 4 is 44.2 Å². The molecule has 0 N–H and O–H groups in total. The van der Waals surface area contributed by atoms with Crippen LogP contribution >= 0.6 is 0 Å². The van der Waals surface area contributed by atoms with E-state index in [9.17, 15) is 0 Å². The Hall–Kier alpha value is -7.43. The minimum absolute atomic E-state index is 0.381. The van der Waals surface area contributed by atoms with E-state index in [0.717, 1.165) is 39.6 Å². The van der Waals surface area contributed by atoms with Gasteiger partial charge in [-0.2, -0.15) is 0 Å². The third-order valence-electron chi connectivity index (χ3n) is 12.6. The van der Waals surface area contributed by atoms with E-state index >= 15 is 0 Å². The summed E-state index contributed by atoms with van der Waals surface area (Å²) in [5.74, 6) is 2.35. The highest BCUT2D eigenvalue weighted by atomic mass is 15.2. The zero-order valence-corrected chi connectivity index (χ0v) is 32.5. The predicted molar refractivity (Wildman–Crippen MR) is 242 cm³/mol. The van der Waals surface area contributed by atoms with Gasteiger partial charge in [0.25, 0.3) is 0 Å². The van der Waals surface area contributed by atoms with Crippen LogP contribution in [0.15, 0.2) is 200 Å². The number of nitrogens with zero attached hydrogens (tertiary/aromatic N) is 4. The zero-order valence-electron chi connectivity index (χ0n) is 32.5. The largest absolute Gasteiger partial charge is 0.310 e. The van der Waals surface area contributed by atoms with Gasteiger partial charge in [0.15, 0.2) is 17.5 Å². The molecule has 2 aliphatic carbocycles. The Morgan fingerprint density at radius 3 is 1.64 bits per heavy atom. The van der Waals surface area contributed by atoms with Crippen LogP contribution in [0.3, 0.4) is 0 Å². The molecule has 0 saturated heterocycles. The molecule has 3 aliphatic rings. The average Bonchev–Trinajstić information content (AvgIpc) is 3.59. The van der Waals surface area contributed by atoms with Gasteiger partial charge in [-0.05, 0) is 104 Å². The molecule has 1 aromatic heterocycles. The van der Waals surface area contributed by atoms with E-state index < -0.39 is 5.41 Å². The van der Waals surface area contributed by atoms with E-state index in [2.05, 4.69) is 206 Å². The Balaban J connectivity index is 1.17. The highest BCUT2D eigenvalue weighted by Crippen LogP contribution is 2.65. The highest BCUT2D eigenvalue weighted by molar-refractivity contribution is 6.00. The topological polar surface area (TPSA) is 41.9 Å². The number of para-hydroxylation sites is 3. The molecule has 1 unspecified atom stereocenters. The predicted octanol–water partition coefficient (Wildman–Crippen LogP) is 13.7. The van der Waals surface area contributed by atoms with Crippen LogP contribution in [0.5, 0.6) is 0 Å². The Kier molecular flexibility index (Phi) is 7.45. The van der Waals surface area contributed by atoms with E-state index in [1.54, 1.807) is 0 Å². The number of allylic oxidation sites excluding steroid dienone is 4. The van der Waals surface area contributed by atoms with Crippen molar-refractivity contribution in [1.82, 2.24) is 15.0 Å². The third-order valence-corrected chi connectivity index (χ3v) is 12.6. The number of aromatic nitrogens is 3. The monoisotopic (exact) mass is 754 g/mol. The third kappa shape index (κ3) is 5.06. The first kappa shape index (κ1) is 33.7. The molecular weight excluding hydrogens is 717 g/mol. The van der Waals surface area contributed by atoms with Crippen LogP contribution in [0.2, 0.25) is 0 Å². The average molecular weight is 755 g/mol. The molecule has 1 spiro atoms. The van der Waals surface area contributed by atoms with E-state index in [4.69, 9.17) is 15.0 Å². The molecule has 4 heteroatoms. The SMILES string of the molecule is CC1C=CC2=C(C1)C1(c3ccccc3N(c3ccccc3)c3ccccc31)c1c2cccc1-c1nc(-c2ccc3ccccc3c2)nc(-c2ccc3ccccc3c2)n1. The van der Waals surface area contributed by atoms with Crippen LogP contribution in [0.25, 0.3) is 61.3 Å². The standard InChI is InChI=1S/C55H38N4/c1-35-26-31-43-44-20-13-21-45(51(44)55(48(43)32-35)46-22-9-11-24-49(46)59(42-18-3-2-4-19-42)50-25-12-10-23-47(50)55)54-57-52(40-29-27-36-14-5-7-16-38(36)33-40)56-53(58-54)41-30-28-37-15-6-8-17-39(37)34-41/h2-31,33-35H,32H2,1H3. The number of hydrogen-bond donors (Lipinski definition) is 0. The van der Waals surface area contributed by atoms with Crippen LogP contribution in [-0.4, -0.2) is 15.0 Å². The number of hydrogen-bond acceptors (Lipinski definition) is 4. The minimum atomic E-state index is -0.600. The second-order valence-corrected chi connectivity index (χ2v) is 16.0. The van der Waals surface area contributed by atoms with Crippen molar-refractivity contribution in [2.75, 3.05) is 4.90 Å². The van der Waals surface area contributed by atoms with Gasteiger partial charge in [0.05, 0.1) is 16.8 Å². The van der Waals surface area contributed by atoms with Gasteiger partial charge in [-0.15, -0.1) is 0 Å². The maximum absolute atomic E-state index is 5.46. The van der Waals surface area contributed by atoms with Gasteiger partial charge in [0.1, 0.15) is 0 Å². The van der Waals surface area contributed by atoms with E-state index in [-0.39, 0.29) is 0 Å². The Morgan fingerprint density at radius 2 is 1.02 bits per heavy atom. The van der Waals surface area contributed by atoms with E-state index in [0.29, 0.717) is 23.4 Å². The Morgan fingerprint density at radius 1 is 0.492 bits per heavy atom. The smallest absolute Gasteiger partial charge is 0.164 e. The fourth-order valence-electron chi connectivity index (χ4n) is 10.1. The molecule has 278 valence electrons. The highest BCUT2D eigenvalue weighted by Gasteiger charge is 2.54. The van der Waals surface area contributed by atoms with E-state index in [1.807, 2.05) is 0 Å². The quantitative estimate of drug-likeness (QED) is 0.179. The van der Waals surface area contributed by atoms with Crippen LogP contribution in [0, 0.1) is 5.92 Å². The summed E-state index contributed by atoms with van der Waals surface area (Å²) in [7, 11) is 0. The fraction of sp³-hybridized carbons (Fsp3) is 0.0727. The van der Waals surface area contributed by atoms with Crippen LogP contribution < -0.4 is 4.90 Å². The first-order valence-electron chi connectivity index (χ1n) is 20.5. The molecule has 2 heterocycles. The molecule has 9 aromatic rings. The number of rotatable bonds is 4. The van der Waals surface area contributed by atoms with E-state index in [1.165, 1.54) is 55.5 Å². The van der Waals surface area contributed by atoms with Crippen LogP contribution in [-0.2, 0) is 5.41 Å². The molecule has 0 bridgehead atoms.